The molecule has 0 saturated heterocycles. The van der Waals surface area contributed by atoms with Gasteiger partial charge in [0.2, 0.25) is 0 Å². The van der Waals surface area contributed by atoms with Crippen molar-refractivity contribution >= 4 is 40.1 Å². The molecule has 0 radical (unpaired) electrons. The summed E-state index contributed by atoms with van der Waals surface area (Å²) in [7, 11) is 5.31. The lowest BCUT2D eigenvalue weighted by molar-refractivity contribution is 0.393. The second-order valence-corrected chi connectivity index (χ2v) is 8.70. The molecule has 6 nitrogen and oxygen atoms in total. The van der Waals surface area contributed by atoms with E-state index in [2.05, 4.69) is 16.9 Å². The Morgan fingerprint density at radius 2 is 1.90 bits per heavy atom. The molecule has 1 saturated carbocycles. The van der Waals surface area contributed by atoms with E-state index in [9.17, 15) is 0 Å². The van der Waals surface area contributed by atoms with Crippen LogP contribution in [0.4, 0.5) is 5.82 Å². The molecule has 1 aliphatic rings. The van der Waals surface area contributed by atoms with Crippen LogP contribution in [-0.4, -0.2) is 49.0 Å². The molecule has 1 fully saturated rings. The maximum absolute atomic E-state index is 6.73. The predicted octanol–water partition coefficient (Wildman–Crippen LogP) is 5.24. The highest BCUT2D eigenvalue weighted by atomic mass is 35.5. The van der Waals surface area contributed by atoms with Crippen molar-refractivity contribution in [2.45, 2.75) is 24.9 Å². The summed E-state index contributed by atoms with van der Waals surface area (Å²) >= 11 is 8.26. The van der Waals surface area contributed by atoms with E-state index in [1.165, 1.54) is 24.6 Å². The lowest BCUT2D eigenvalue weighted by Gasteiger charge is -2.22. The molecule has 0 aliphatic heterocycles. The summed E-state index contributed by atoms with van der Waals surface area (Å²) in [6.45, 7) is 2.94. The van der Waals surface area contributed by atoms with E-state index < -0.39 is 0 Å². The summed E-state index contributed by atoms with van der Waals surface area (Å²) in [5.74, 6) is 2.82. The van der Waals surface area contributed by atoms with Crippen LogP contribution in [0, 0.1) is 12.8 Å². The summed E-state index contributed by atoms with van der Waals surface area (Å²) in [5, 5.41) is 2.17. The van der Waals surface area contributed by atoms with Crippen LogP contribution in [0.5, 0.6) is 11.5 Å². The highest BCUT2D eigenvalue weighted by Crippen LogP contribution is 2.43. The molecule has 0 unspecified atom stereocenters. The van der Waals surface area contributed by atoms with Gasteiger partial charge >= 0.3 is 0 Å². The number of pyridine rings is 1. The minimum absolute atomic E-state index is 0.514. The quantitative estimate of drug-likeness (QED) is 0.364. The van der Waals surface area contributed by atoms with E-state index >= 15 is 0 Å². The first-order chi connectivity index (χ1) is 14.5. The number of benzene rings is 1. The molecule has 0 bridgehead atoms. The first-order valence-electron chi connectivity index (χ1n) is 9.81. The summed E-state index contributed by atoms with van der Waals surface area (Å²) in [6, 6.07) is 3.79. The summed E-state index contributed by atoms with van der Waals surface area (Å²) in [4.78, 5) is 16.5. The van der Waals surface area contributed by atoms with E-state index in [0.29, 0.717) is 16.5 Å². The minimum atomic E-state index is 0.514. The third-order valence-corrected chi connectivity index (χ3v) is 6.37. The molecule has 4 rings (SSSR count). The van der Waals surface area contributed by atoms with Crippen molar-refractivity contribution in [2.24, 2.45) is 5.92 Å². The van der Waals surface area contributed by atoms with Crippen molar-refractivity contribution in [3.8, 4) is 22.8 Å². The number of anilines is 1. The zero-order valence-corrected chi connectivity index (χ0v) is 19.4. The van der Waals surface area contributed by atoms with Gasteiger partial charge in [-0.05, 0) is 38.0 Å². The molecule has 0 atom stereocenters. The van der Waals surface area contributed by atoms with Crippen LogP contribution in [0.25, 0.3) is 22.2 Å². The number of aromatic nitrogens is 3. The Bertz CT molecular complexity index is 1080. The lowest BCUT2D eigenvalue weighted by atomic mass is 10.0. The zero-order valence-electron chi connectivity index (χ0n) is 17.8. The fourth-order valence-electron chi connectivity index (χ4n) is 3.64. The average molecular weight is 445 g/mol. The molecule has 158 valence electrons. The number of methoxy groups -OCH3 is 2. The van der Waals surface area contributed by atoms with Crippen LogP contribution in [0.2, 0.25) is 5.02 Å². The Morgan fingerprint density at radius 1 is 1.17 bits per heavy atom. The number of hydrogen-bond donors (Lipinski definition) is 0. The van der Waals surface area contributed by atoms with E-state index in [-0.39, 0.29) is 0 Å². The topological polar surface area (TPSA) is 60.4 Å². The van der Waals surface area contributed by atoms with Gasteiger partial charge < -0.3 is 14.4 Å². The fraction of sp³-hybridized carbons (Fsp3) is 0.409. The maximum Gasteiger partial charge on any atom is 0.187 e. The van der Waals surface area contributed by atoms with Gasteiger partial charge in [0, 0.05) is 42.4 Å². The summed E-state index contributed by atoms with van der Waals surface area (Å²) in [6.07, 6.45) is 6.37. The van der Waals surface area contributed by atoms with Gasteiger partial charge in [-0.1, -0.05) is 23.4 Å². The molecule has 0 amide bonds. The first kappa shape index (κ1) is 21.0. The zero-order chi connectivity index (χ0) is 21.4. The molecular formula is C22H25ClN4O2S. The predicted molar refractivity (Wildman–Crippen MR) is 123 cm³/mol. The average Bonchev–Trinajstić information content (AvgIpc) is 3.57. The summed E-state index contributed by atoms with van der Waals surface area (Å²) in [5.41, 5.74) is 3.31. The van der Waals surface area contributed by atoms with Gasteiger partial charge in [0.15, 0.2) is 11.0 Å². The maximum atomic E-state index is 6.73. The van der Waals surface area contributed by atoms with E-state index in [1.54, 1.807) is 20.3 Å². The molecule has 2 aromatic heterocycles. The van der Waals surface area contributed by atoms with Crippen molar-refractivity contribution in [3.63, 3.8) is 0 Å². The van der Waals surface area contributed by atoms with Crippen molar-refractivity contribution in [1.82, 2.24) is 15.0 Å². The second kappa shape index (κ2) is 8.47. The van der Waals surface area contributed by atoms with Gasteiger partial charge in [-0.15, -0.1) is 0 Å². The summed E-state index contributed by atoms with van der Waals surface area (Å²) < 4.78 is 11.0. The van der Waals surface area contributed by atoms with Crippen LogP contribution < -0.4 is 14.4 Å². The number of nitrogens with zero attached hydrogens (tertiary/aromatic N) is 4. The number of thioether (sulfide) groups is 1. The SMILES string of the molecule is COc1cc(OC)c(Cl)c(-c2cc3cnc(SC)nc3c(N(C)CC3CC3)n2)c1C. The first-order valence-corrected chi connectivity index (χ1v) is 11.4. The smallest absolute Gasteiger partial charge is 0.187 e. The molecule has 8 heteroatoms. The van der Waals surface area contributed by atoms with Gasteiger partial charge in [-0.3, -0.25) is 0 Å². The largest absolute Gasteiger partial charge is 0.496 e. The highest BCUT2D eigenvalue weighted by molar-refractivity contribution is 7.98. The second-order valence-electron chi connectivity index (χ2n) is 7.54. The standard InChI is InChI=1S/C22H25ClN4O2S/c1-12-16(28-3)9-17(29-4)19(23)18(12)15-8-14-10-24-22(30-5)26-20(14)21(25-15)27(2)11-13-6-7-13/h8-10,13H,6-7,11H2,1-5H3. The molecule has 1 aromatic carbocycles. The number of fused-ring (bicyclic) bond motifs is 1. The molecule has 0 spiro atoms. The van der Waals surface area contributed by atoms with Gasteiger partial charge in [0.25, 0.3) is 0 Å². The van der Waals surface area contributed by atoms with Crippen LogP contribution in [-0.2, 0) is 0 Å². The minimum Gasteiger partial charge on any atom is -0.496 e. The number of hydrogen-bond acceptors (Lipinski definition) is 7. The Balaban J connectivity index is 1.96. The third-order valence-electron chi connectivity index (χ3n) is 5.44. The number of ether oxygens (including phenoxy) is 2. The van der Waals surface area contributed by atoms with Crippen molar-refractivity contribution < 1.29 is 9.47 Å². The van der Waals surface area contributed by atoms with Crippen LogP contribution in [0.15, 0.2) is 23.5 Å². The van der Waals surface area contributed by atoms with Crippen LogP contribution in [0.1, 0.15) is 18.4 Å². The normalized spacial score (nSPS) is 13.5. The number of halogens is 1. The lowest BCUT2D eigenvalue weighted by Crippen LogP contribution is -2.22. The highest BCUT2D eigenvalue weighted by Gasteiger charge is 2.26. The molecule has 1 aliphatic carbocycles. The molecule has 0 N–H and O–H groups in total. The van der Waals surface area contributed by atoms with Gasteiger partial charge in [0.1, 0.15) is 17.0 Å². The van der Waals surface area contributed by atoms with E-state index in [0.717, 1.165) is 51.2 Å². The third kappa shape index (κ3) is 3.88. The Labute approximate surface area is 186 Å². The monoisotopic (exact) mass is 444 g/mol. The molecule has 2 heterocycles. The van der Waals surface area contributed by atoms with Gasteiger partial charge in [0.05, 0.1) is 24.9 Å². The van der Waals surface area contributed by atoms with Crippen molar-refractivity contribution in [2.75, 3.05) is 39.0 Å². The number of rotatable bonds is 7. The Kier molecular flexibility index (Phi) is 5.93. The van der Waals surface area contributed by atoms with E-state index in [4.69, 9.17) is 31.0 Å². The Morgan fingerprint density at radius 3 is 2.53 bits per heavy atom. The fourth-order valence-corrected chi connectivity index (χ4v) is 4.35. The Hall–Kier alpha value is -2.25. The van der Waals surface area contributed by atoms with Crippen molar-refractivity contribution in [1.29, 1.82) is 0 Å². The molecular weight excluding hydrogens is 420 g/mol. The van der Waals surface area contributed by atoms with Crippen LogP contribution in [0.3, 0.4) is 0 Å². The van der Waals surface area contributed by atoms with Gasteiger partial charge in [-0.25, -0.2) is 15.0 Å². The van der Waals surface area contributed by atoms with Crippen molar-refractivity contribution in [3.05, 3.63) is 28.9 Å². The van der Waals surface area contributed by atoms with Crippen LogP contribution >= 0.6 is 23.4 Å². The van der Waals surface area contributed by atoms with Gasteiger partial charge in [-0.2, -0.15) is 0 Å². The molecule has 3 aromatic rings. The molecule has 30 heavy (non-hydrogen) atoms. The van der Waals surface area contributed by atoms with E-state index in [1.807, 2.05) is 25.4 Å².